The van der Waals surface area contributed by atoms with Crippen LogP contribution in [0.1, 0.15) is 41.3 Å². The fraction of sp³-hybridized carbons (Fsp3) is 0.316. The van der Waals surface area contributed by atoms with Crippen molar-refractivity contribution in [2.24, 2.45) is 10.2 Å². The lowest BCUT2D eigenvalue weighted by Gasteiger charge is -2.14. The molecule has 0 fully saturated rings. The van der Waals surface area contributed by atoms with Gasteiger partial charge in [0.1, 0.15) is 11.6 Å². The number of nitriles is 1. The fourth-order valence-corrected chi connectivity index (χ4v) is 2.46. The Bertz CT molecular complexity index is 987. The average Bonchev–Trinajstić information content (AvgIpc) is 2.70. The monoisotopic (exact) mass is 382 g/mol. The molecule has 2 aromatic rings. The zero-order valence-electron chi connectivity index (χ0n) is 16.0. The summed E-state index contributed by atoms with van der Waals surface area (Å²) in [6.45, 7) is 3.98. The molecule has 28 heavy (non-hydrogen) atoms. The van der Waals surface area contributed by atoms with Gasteiger partial charge >= 0.3 is 0 Å². The SMILES string of the molecule is CCCCNn1c(O)c(/N=N/c2ccc(C(=O)NC)cc2)c(C)c(C#N)c1=O. The van der Waals surface area contributed by atoms with Crippen molar-refractivity contribution in [3.63, 3.8) is 0 Å². The molecule has 0 spiro atoms. The van der Waals surface area contributed by atoms with Gasteiger partial charge < -0.3 is 15.8 Å². The minimum Gasteiger partial charge on any atom is -0.492 e. The van der Waals surface area contributed by atoms with Gasteiger partial charge in [-0.1, -0.05) is 13.3 Å². The van der Waals surface area contributed by atoms with Crippen molar-refractivity contribution in [3.8, 4) is 11.9 Å². The molecule has 1 aromatic heterocycles. The first kappa shape index (κ1) is 20.6. The maximum absolute atomic E-state index is 12.4. The molecule has 9 heteroatoms. The van der Waals surface area contributed by atoms with Gasteiger partial charge in [-0.25, -0.2) is 0 Å². The number of carbonyl (C=O) groups is 1. The maximum atomic E-state index is 12.4. The van der Waals surface area contributed by atoms with Gasteiger partial charge in [0.15, 0.2) is 5.69 Å². The van der Waals surface area contributed by atoms with E-state index in [9.17, 15) is 20.0 Å². The van der Waals surface area contributed by atoms with Crippen molar-refractivity contribution in [1.29, 1.82) is 5.26 Å². The van der Waals surface area contributed by atoms with E-state index in [0.29, 0.717) is 17.8 Å². The van der Waals surface area contributed by atoms with Crippen molar-refractivity contribution in [2.45, 2.75) is 26.7 Å². The maximum Gasteiger partial charge on any atom is 0.290 e. The third-order valence-electron chi connectivity index (χ3n) is 4.10. The van der Waals surface area contributed by atoms with Gasteiger partial charge in [0.2, 0.25) is 5.88 Å². The molecular weight excluding hydrogens is 360 g/mol. The van der Waals surface area contributed by atoms with Crippen LogP contribution in [0.3, 0.4) is 0 Å². The number of carbonyl (C=O) groups excluding carboxylic acids is 1. The standard InChI is InChI=1S/C19H22N6O3/c1-4-5-10-22-25-18(27)15(11-20)12(2)16(19(25)28)24-23-14-8-6-13(7-9-14)17(26)21-3/h6-9,22,28H,4-5,10H2,1-3H3,(H,21,26)/b24-23+. The molecule has 1 amide bonds. The number of unbranched alkanes of at least 4 members (excludes halogenated alkanes) is 1. The third kappa shape index (κ3) is 4.35. The van der Waals surface area contributed by atoms with Crippen molar-refractivity contribution in [1.82, 2.24) is 9.99 Å². The summed E-state index contributed by atoms with van der Waals surface area (Å²) in [5.41, 5.74) is 3.23. The summed E-state index contributed by atoms with van der Waals surface area (Å²) < 4.78 is 0.921. The van der Waals surface area contributed by atoms with Crippen molar-refractivity contribution >= 4 is 17.3 Å². The van der Waals surface area contributed by atoms with E-state index in [2.05, 4.69) is 21.0 Å². The summed E-state index contributed by atoms with van der Waals surface area (Å²) in [6, 6.07) is 8.23. The molecule has 0 radical (unpaired) electrons. The molecule has 9 nitrogen and oxygen atoms in total. The molecule has 2 rings (SSSR count). The van der Waals surface area contributed by atoms with Crippen LogP contribution >= 0.6 is 0 Å². The van der Waals surface area contributed by atoms with Crippen LogP contribution in [0.2, 0.25) is 0 Å². The Kier molecular flexibility index (Phi) is 6.87. The van der Waals surface area contributed by atoms with E-state index in [0.717, 1.165) is 17.5 Å². The molecule has 1 aromatic carbocycles. The molecule has 0 saturated heterocycles. The quantitative estimate of drug-likeness (QED) is 0.500. The van der Waals surface area contributed by atoms with Crippen LogP contribution in [-0.2, 0) is 0 Å². The molecule has 0 aliphatic heterocycles. The number of aromatic hydroxyl groups is 1. The average molecular weight is 382 g/mol. The van der Waals surface area contributed by atoms with E-state index in [1.165, 1.54) is 14.0 Å². The zero-order chi connectivity index (χ0) is 20.7. The highest BCUT2D eigenvalue weighted by Crippen LogP contribution is 2.31. The molecular formula is C19H22N6O3. The minimum absolute atomic E-state index is 0.0236. The number of aromatic nitrogens is 1. The molecule has 0 unspecified atom stereocenters. The summed E-state index contributed by atoms with van der Waals surface area (Å²) in [4.78, 5) is 24.0. The number of amides is 1. The molecule has 0 aliphatic rings. The Balaban J connectivity index is 2.42. The molecule has 3 N–H and O–H groups in total. The van der Waals surface area contributed by atoms with Crippen LogP contribution in [0.15, 0.2) is 39.3 Å². The van der Waals surface area contributed by atoms with Gasteiger partial charge in [-0.15, -0.1) is 5.11 Å². The largest absolute Gasteiger partial charge is 0.492 e. The Hall–Kier alpha value is -3.67. The topological polar surface area (TPSA) is 132 Å². The predicted molar refractivity (Wildman–Crippen MR) is 105 cm³/mol. The second kappa shape index (κ2) is 9.32. The van der Waals surface area contributed by atoms with Gasteiger partial charge in [-0.2, -0.15) is 15.1 Å². The highest BCUT2D eigenvalue weighted by atomic mass is 16.3. The molecule has 0 bridgehead atoms. The van der Waals surface area contributed by atoms with Gasteiger partial charge in [0.25, 0.3) is 11.5 Å². The lowest BCUT2D eigenvalue weighted by Crippen LogP contribution is -2.31. The first-order valence-electron chi connectivity index (χ1n) is 8.81. The Labute approximate surface area is 162 Å². The van der Waals surface area contributed by atoms with Crippen LogP contribution in [0, 0.1) is 18.3 Å². The zero-order valence-corrected chi connectivity index (χ0v) is 16.0. The number of rotatable bonds is 7. The number of hydrogen-bond acceptors (Lipinski definition) is 7. The molecule has 0 saturated carbocycles. The fourth-order valence-electron chi connectivity index (χ4n) is 2.46. The van der Waals surface area contributed by atoms with Crippen LogP contribution in [0.5, 0.6) is 5.88 Å². The second-order valence-corrected chi connectivity index (χ2v) is 6.01. The lowest BCUT2D eigenvalue weighted by molar-refractivity contribution is 0.0963. The van der Waals surface area contributed by atoms with E-state index < -0.39 is 11.4 Å². The summed E-state index contributed by atoms with van der Waals surface area (Å²) in [7, 11) is 1.54. The van der Waals surface area contributed by atoms with Crippen molar-refractivity contribution < 1.29 is 9.90 Å². The first-order valence-corrected chi connectivity index (χ1v) is 8.81. The van der Waals surface area contributed by atoms with Crippen molar-refractivity contribution in [2.75, 3.05) is 19.0 Å². The lowest BCUT2D eigenvalue weighted by atomic mass is 10.1. The van der Waals surface area contributed by atoms with Crippen LogP contribution in [0.25, 0.3) is 0 Å². The Morgan fingerprint density at radius 1 is 1.29 bits per heavy atom. The number of pyridine rings is 1. The van der Waals surface area contributed by atoms with E-state index >= 15 is 0 Å². The Morgan fingerprint density at radius 3 is 2.54 bits per heavy atom. The van der Waals surface area contributed by atoms with E-state index in [4.69, 9.17) is 0 Å². The summed E-state index contributed by atoms with van der Waals surface area (Å²) in [5.74, 6) is -0.635. The second-order valence-electron chi connectivity index (χ2n) is 6.01. The minimum atomic E-state index is -0.637. The summed E-state index contributed by atoms with van der Waals surface area (Å²) in [5, 5.41) is 30.4. The third-order valence-corrected chi connectivity index (χ3v) is 4.10. The van der Waals surface area contributed by atoms with E-state index in [1.54, 1.807) is 24.3 Å². The normalized spacial score (nSPS) is 10.6. The molecule has 0 aliphatic carbocycles. The predicted octanol–water partition coefficient (Wildman–Crippen LogP) is 2.85. The van der Waals surface area contributed by atoms with Crippen LogP contribution < -0.4 is 16.3 Å². The van der Waals surface area contributed by atoms with E-state index in [1.807, 2.05) is 13.0 Å². The van der Waals surface area contributed by atoms with Crippen LogP contribution in [0.4, 0.5) is 11.4 Å². The number of hydrogen-bond donors (Lipinski definition) is 3. The molecule has 0 atom stereocenters. The smallest absolute Gasteiger partial charge is 0.290 e. The number of nitrogens with one attached hydrogen (secondary N) is 2. The molecule has 1 heterocycles. The first-order chi connectivity index (χ1) is 13.4. The van der Waals surface area contributed by atoms with Gasteiger partial charge in [0, 0.05) is 24.7 Å². The summed E-state index contributed by atoms with van der Waals surface area (Å²) in [6.07, 6.45) is 1.69. The van der Waals surface area contributed by atoms with E-state index in [-0.39, 0.29) is 22.7 Å². The van der Waals surface area contributed by atoms with Gasteiger partial charge in [-0.05, 0) is 37.6 Å². The van der Waals surface area contributed by atoms with Gasteiger partial charge in [-0.3, -0.25) is 9.59 Å². The Morgan fingerprint density at radius 2 is 1.96 bits per heavy atom. The summed E-state index contributed by atoms with van der Waals surface area (Å²) >= 11 is 0. The molecule has 146 valence electrons. The highest BCUT2D eigenvalue weighted by Gasteiger charge is 2.19. The number of benzene rings is 1. The van der Waals surface area contributed by atoms with Gasteiger partial charge in [0.05, 0.1) is 5.69 Å². The van der Waals surface area contributed by atoms with Crippen LogP contribution in [-0.4, -0.2) is 29.3 Å². The van der Waals surface area contributed by atoms with Crippen molar-refractivity contribution in [3.05, 3.63) is 51.3 Å². The number of azo groups is 1. The highest BCUT2D eigenvalue weighted by molar-refractivity contribution is 5.94. The number of nitrogens with zero attached hydrogens (tertiary/aromatic N) is 4.